The van der Waals surface area contributed by atoms with Crippen molar-refractivity contribution in [3.63, 3.8) is 0 Å². The van der Waals surface area contributed by atoms with Gasteiger partial charge in [0, 0.05) is 12.4 Å². The number of rotatable bonds is 3. The van der Waals surface area contributed by atoms with E-state index in [1.54, 1.807) is 7.05 Å². The molecule has 94 valence electrons. The van der Waals surface area contributed by atoms with Crippen molar-refractivity contribution in [1.29, 1.82) is 0 Å². The molecule has 2 aromatic rings. The van der Waals surface area contributed by atoms with Crippen molar-refractivity contribution in [2.45, 2.75) is 0 Å². The fourth-order valence-corrected chi connectivity index (χ4v) is 1.66. The average molecular weight is 266 g/mol. The molecule has 6 nitrogen and oxygen atoms in total. The van der Waals surface area contributed by atoms with Crippen molar-refractivity contribution in [3.05, 3.63) is 24.0 Å². The van der Waals surface area contributed by atoms with Gasteiger partial charge in [-0.2, -0.15) is 5.10 Å². The monoisotopic (exact) mass is 266 g/mol. The van der Waals surface area contributed by atoms with Crippen LogP contribution in [-0.4, -0.2) is 17.2 Å². The molecule has 0 fully saturated rings. The van der Waals surface area contributed by atoms with Crippen LogP contribution in [0.5, 0.6) is 0 Å². The molecule has 1 atom stereocenters. The molecule has 8 heteroatoms. The molecular weight excluding hydrogens is 254 g/mol. The third kappa shape index (κ3) is 2.46. The predicted molar refractivity (Wildman–Crippen MR) is 72.5 cm³/mol. The van der Waals surface area contributed by atoms with Crippen LogP contribution < -0.4 is 16.4 Å². The molecule has 2 rings (SSSR count). The summed E-state index contributed by atoms with van der Waals surface area (Å²) in [5, 5.41) is 18.0. The Morgan fingerprint density at radius 2 is 2.22 bits per heavy atom. The van der Waals surface area contributed by atoms with Gasteiger partial charge in [-0.15, -0.1) is 19.5 Å². The van der Waals surface area contributed by atoms with Gasteiger partial charge in [-0.25, -0.2) is 4.39 Å². The van der Waals surface area contributed by atoms with E-state index >= 15 is 0 Å². The molecule has 1 aromatic carbocycles. The van der Waals surface area contributed by atoms with Crippen LogP contribution in [0.3, 0.4) is 0 Å². The summed E-state index contributed by atoms with van der Waals surface area (Å²) in [5.41, 5.74) is 6.63. The van der Waals surface area contributed by atoms with Crippen molar-refractivity contribution in [2.24, 2.45) is 10.2 Å². The minimum atomic E-state index is -0.322. The highest BCUT2D eigenvalue weighted by atomic mass is 31.0. The fourth-order valence-electron chi connectivity index (χ4n) is 1.35. The van der Waals surface area contributed by atoms with Crippen molar-refractivity contribution < 1.29 is 4.39 Å². The second kappa shape index (κ2) is 5.10. The Balaban J connectivity index is 2.32. The average Bonchev–Trinajstić information content (AvgIpc) is 2.69. The molecule has 0 saturated heterocycles. The molecule has 1 aromatic heterocycles. The number of azo groups is 1. The molecular formula is C10H12FN6P. The summed E-state index contributed by atoms with van der Waals surface area (Å²) < 4.78 is 12.9. The predicted octanol–water partition coefficient (Wildman–Crippen LogP) is 2.09. The van der Waals surface area contributed by atoms with Gasteiger partial charge in [-0.3, -0.25) is 5.10 Å². The first-order chi connectivity index (χ1) is 8.61. The number of aromatic amines is 1. The van der Waals surface area contributed by atoms with Crippen molar-refractivity contribution in [2.75, 3.05) is 18.1 Å². The minimum absolute atomic E-state index is 0.315. The SMILES string of the molecule is CNc1n[nH]c(N)c1N=Nc1ccc(F)cc1P. The fraction of sp³-hybridized carbons (Fsp3) is 0.100. The molecule has 0 amide bonds. The standard InChI is InChI=1S/C10H12FN6P/c1-13-10-8(9(12)16-17-10)15-14-6-3-2-5(11)4-7(6)18/h2-4H,18H2,1H3,(H4,12,13,16,17). The van der Waals surface area contributed by atoms with E-state index in [9.17, 15) is 4.39 Å². The third-order valence-electron chi connectivity index (χ3n) is 2.25. The number of H-pyrrole nitrogens is 1. The third-order valence-corrected chi connectivity index (χ3v) is 2.71. The molecule has 1 unspecified atom stereocenters. The summed E-state index contributed by atoms with van der Waals surface area (Å²) in [6, 6.07) is 4.22. The van der Waals surface area contributed by atoms with Crippen LogP contribution in [0.4, 0.5) is 27.4 Å². The molecule has 18 heavy (non-hydrogen) atoms. The molecule has 0 spiro atoms. The second-order valence-electron chi connectivity index (χ2n) is 3.49. The summed E-state index contributed by atoms with van der Waals surface area (Å²) in [4.78, 5) is 0. The van der Waals surface area contributed by atoms with Gasteiger partial charge in [-0.1, -0.05) is 0 Å². The van der Waals surface area contributed by atoms with Gasteiger partial charge in [0.2, 0.25) is 0 Å². The highest BCUT2D eigenvalue weighted by molar-refractivity contribution is 7.28. The lowest BCUT2D eigenvalue weighted by Crippen LogP contribution is -1.92. The quantitative estimate of drug-likeness (QED) is 0.586. The van der Waals surface area contributed by atoms with Gasteiger partial charge in [0.1, 0.15) is 11.6 Å². The Kier molecular flexibility index (Phi) is 3.53. The molecule has 0 saturated carbocycles. The highest BCUT2D eigenvalue weighted by Gasteiger charge is 2.08. The van der Waals surface area contributed by atoms with Crippen LogP contribution in [0, 0.1) is 5.82 Å². The zero-order valence-electron chi connectivity index (χ0n) is 9.61. The first-order valence-electron chi connectivity index (χ1n) is 5.10. The number of benzene rings is 1. The van der Waals surface area contributed by atoms with E-state index in [4.69, 9.17) is 5.73 Å². The van der Waals surface area contributed by atoms with E-state index < -0.39 is 0 Å². The Hall–Kier alpha value is -2.01. The highest BCUT2D eigenvalue weighted by Crippen LogP contribution is 2.30. The zero-order chi connectivity index (χ0) is 13.1. The number of anilines is 2. The van der Waals surface area contributed by atoms with Crippen LogP contribution in [0.25, 0.3) is 0 Å². The first kappa shape index (κ1) is 12.4. The largest absolute Gasteiger partial charge is 0.382 e. The number of nitrogen functional groups attached to an aromatic ring is 1. The van der Waals surface area contributed by atoms with Crippen molar-refractivity contribution >= 4 is 37.6 Å². The maximum atomic E-state index is 12.9. The van der Waals surface area contributed by atoms with E-state index in [0.717, 1.165) is 0 Å². The van der Waals surface area contributed by atoms with Crippen LogP contribution in [0.1, 0.15) is 0 Å². The lowest BCUT2D eigenvalue weighted by atomic mass is 10.3. The van der Waals surface area contributed by atoms with E-state index in [1.807, 2.05) is 0 Å². The van der Waals surface area contributed by atoms with Crippen LogP contribution in [-0.2, 0) is 0 Å². The van der Waals surface area contributed by atoms with Gasteiger partial charge in [-0.05, 0) is 18.2 Å². The Bertz CT molecular complexity index is 594. The summed E-state index contributed by atoms with van der Waals surface area (Å²) >= 11 is 0. The molecule has 0 aliphatic rings. The number of nitrogens with two attached hydrogens (primary N) is 1. The summed E-state index contributed by atoms with van der Waals surface area (Å²) in [6.45, 7) is 0. The first-order valence-corrected chi connectivity index (χ1v) is 5.68. The second-order valence-corrected chi connectivity index (χ2v) is 4.11. The molecule has 1 heterocycles. The van der Waals surface area contributed by atoms with E-state index in [0.29, 0.717) is 28.3 Å². The Morgan fingerprint density at radius 1 is 1.44 bits per heavy atom. The van der Waals surface area contributed by atoms with E-state index in [-0.39, 0.29) is 5.82 Å². The topological polar surface area (TPSA) is 91.5 Å². The Morgan fingerprint density at radius 3 is 2.89 bits per heavy atom. The van der Waals surface area contributed by atoms with Crippen molar-refractivity contribution in [3.8, 4) is 0 Å². The zero-order valence-corrected chi connectivity index (χ0v) is 10.8. The van der Waals surface area contributed by atoms with Gasteiger partial charge in [0.15, 0.2) is 11.5 Å². The molecule has 4 N–H and O–H groups in total. The number of halogens is 1. The summed E-state index contributed by atoms with van der Waals surface area (Å²) in [6.07, 6.45) is 0. The van der Waals surface area contributed by atoms with Crippen LogP contribution in [0.2, 0.25) is 0 Å². The maximum Gasteiger partial charge on any atom is 0.177 e. The number of hydrogen-bond donors (Lipinski definition) is 3. The number of aromatic nitrogens is 2. The lowest BCUT2D eigenvalue weighted by molar-refractivity contribution is 0.629. The maximum absolute atomic E-state index is 12.9. The number of nitrogens with one attached hydrogen (secondary N) is 2. The molecule has 0 bridgehead atoms. The normalized spacial score (nSPS) is 11.1. The number of hydrogen-bond acceptors (Lipinski definition) is 5. The molecule has 0 radical (unpaired) electrons. The molecule has 0 aliphatic heterocycles. The van der Waals surface area contributed by atoms with Crippen LogP contribution >= 0.6 is 9.24 Å². The minimum Gasteiger partial charge on any atom is -0.382 e. The van der Waals surface area contributed by atoms with Gasteiger partial charge in [0.25, 0.3) is 0 Å². The Labute approximate surface area is 105 Å². The van der Waals surface area contributed by atoms with E-state index in [2.05, 4.69) is 35.0 Å². The van der Waals surface area contributed by atoms with Crippen LogP contribution in [0.15, 0.2) is 28.4 Å². The summed E-state index contributed by atoms with van der Waals surface area (Å²) in [5.74, 6) is 0.497. The van der Waals surface area contributed by atoms with Gasteiger partial charge < -0.3 is 11.1 Å². The molecule has 0 aliphatic carbocycles. The van der Waals surface area contributed by atoms with Gasteiger partial charge >= 0.3 is 0 Å². The smallest absolute Gasteiger partial charge is 0.177 e. The van der Waals surface area contributed by atoms with Gasteiger partial charge in [0.05, 0.1) is 5.69 Å². The van der Waals surface area contributed by atoms with E-state index in [1.165, 1.54) is 18.2 Å². The lowest BCUT2D eigenvalue weighted by Gasteiger charge is -1.99. The summed E-state index contributed by atoms with van der Waals surface area (Å²) in [7, 11) is 4.10. The van der Waals surface area contributed by atoms with Crippen molar-refractivity contribution in [1.82, 2.24) is 10.2 Å². The number of nitrogens with zero attached hydrogens (tertiary/aromatic N) is 3.